The largest absolute Gasteiger partial charge is 0.497 e. The molecule has 18 heavy (non-hydrogen) atoms. The van der Waals surface area contributed by atoms with E-state index in [9.17, 15) is 10.0 Å². The molecule has 1 aromatic carbocycles. The molecule has 1 aromatic rings. The van der Waals surface area contributed by atoms with E-state index in [1.165, 1.54) is 5.56 Å². The van der Waals surface area contributed by atoms with Crippen LogP contribution in [0.2, 0.25) is 0 Å². The van der Waals surface area contributed by atoms with Crippen LogP contribution in [0.5, 0.6) is 5.75 Å². The lowest BCUT2D eigenvalue weighted by Crippen LogP contribution is -2.39. The molecule has 0 radical (unpaired) electrons. The minimum absolute atomic E-state index is 0.172. The van der Waals surface area contributed by atoms with Gasteiger partial charge in [-0.2, -0.15) is 0 Å². The van der Waals surface area contributed by atoms with E-state index in [0.717, 1.165) is 25.0 Å². The van der Waals surface area contributed by atoms with Gasteiger partial charge in [0, 0.05) is 0 Å². The SMILES string of the molecule is COc1ccc([C@@H]2CC[C@H](N(O)C(N)=O)C2)cc1. The molecule has 98 valence electrons. The maximum atomic E-state index is 10.9. The molecule has 1 saturated carbocycles. The van der Waals surface area contributed by atoms with Crippen molar-refractivity contribution >= 4 is 6.03 Å². The van der Waals surface area contributed by atoms with Gasteiger partial charge in [-0.15, -0.1) is 0 Å². The molecule has 1 aliphatic rings. The molecule has 0 bridgehead atoms. The van der Waals surface area contributed by atoms with Crippen molar-refractivity contribution in [1.82, 2.24) is 5.06 Å². The number of methoxy groups -OCH3 is 1. The molecule has 2 amide bonds. The van der Waals surface area contributed by atoms with Crippen molar-refractivity contribution in [2.75, 3.05) is 7.11 Å². The summed E-state index contributed by atoms with van der Waals surface area (Å²) in [6.45, 7) is 0. The van der Waals surface area contributed by atoms with Crippen LogP contribution in [-0.4, -0.2) is 29.5 Å². The van der Waals surface area contributed by atoms with Crippen molar-refractivity contribution in [1.29, 1.82) is 0 Å². The van der Waals surface area contributed by atoms with E-state index in [4.69, 9.17) is 10.5 Å². The van der Waals surface area contributed by atoms with Crippen LogP contribution >= 0.6 is 0 Å². The van der Waals surface area contributed by atoms with Gasteiger partial charge < -0.3 is 10.5 Å². The number of nitrogens with zero attached hydrogens (tertiary/aromatic N) is 1. The molecule has 0 heterocycles. The molecule has 0 unspecified atom stereocenters. The third kappa shape index (κ3) is 2.56. The summed E-state index contributed by atoms with van der Waals surface area (Å²) in [7, 11) is 1.64. The van der Waals surface area contributed by atoms with E-state index in [-0.39, 0.29) is 6.04 Å². The zero-order valence-electron chi connectivity index (χ0n) is 10.4. The highest BCUT2D eigenvalue weighted by atomic mass is 16.5. The first-order valence-corrected chi connectivity index (χ1v) is 6.03. The molecule has 1 fully saturated rings. The Kier molecular flexibility index (Phi) is 3.72. The highest BCUT2D eigenvalue weighted by Crippen LogP contribution is 2.36. The molecule has 2 rings (SSSR count). The third-order valence-corrected chi connectivity index (χ3v) is 3.56. The number of amides is 2. The second-order valence-electron chi connectivity index (χ2n) is 4.62. The lowest BCUT2D eigenvalue weighted by molar-refractivity contribution is -0.0730. The van der Waals surface area contributed by atoms with E-state index in [1.807, 2.05) is 24.3 Å². The second-order valence-corrected chi connectivity index (χ2v) is 4.62. The number of urea groups is 1. The van der Waals surface area contributed by atoms with E-state index in [1.54, 1.807) is 7.11 Å². The lowest BCUT2D eigenvalue weighted by atomic mass is 9.97. The molecule has 0 spiro atoms. The molecular formula is C13H18N2O3. The number of hydrogen-bond acceptors (Lipinski definition) is 3. The fourth-order valence-electron chi connectivity index (χ4n) is 2.54. The first-order valence-electron chi connectivity index (χ1n) is 6.03. The summed E-state index contributed by atoms with van der Waals surface area (Å²) >= 11 is 0. The van der Waals surface area contributed by atoms with Crippen LogP contribution in [0.25, 0.3) is 0 Å². The predicted molar refractivity (Wildman–Crippen MR) is 66.6 cm³/mol. The Labute approximate surface area is 106 Å². The van der Waals surface area contributed by atoms with Gasteiger partial charge in [0.15, 0.2) is 0 Å². The fourth-order valence-corrected chi connectivity index (χ4v) is 2.54. The summed E-state index contributed by atoms with van der Waals surface area (Å²) in [6, 6.07) is 6.95. The Morgan fingerprint density at radius 3 is 2.61 bits per heavy atom. The maximum Gasteiger partial charge on any atom is 0.338 e. The number of nitrogens with two attached hydrogens (primary N) is 1. The van der Waals surface area contributed by atoms with E-state index >= 15 is 0 Å². The highest BCUT2D eigenvalue weighted by Gasteiger charge is 2.31. The Hall–Kier alpha value is -1.75. The normalized spacial score (nSPS) is 22.8. The molecule has 2 atom stereocenters. The molecule has 1 aliphatic carbocycles. The molecule has 0 aliphatic heterocycles. The van der Waals surface area contributed by atoms with Crippen LogP contribution in [0.15, 0.2) is 24.3 Å². The zero-order valence-corrected chi connectivity index (χ0v) is 10.4. The Bertz CT molecular complexity index is 419. The van der Waals surface area contributed by atoms with Crippen LogP contribution in [-0.2, 0) is 0 Å². The van der Waals surface area contributed by atoms with Crippen molar-refractivity contribution in [2.24, 2.45) is 5.73 Å². The van der Waals surface area contributed by atoms with Crippen LogP contribution in [0.1, 0.15) is 30.7 Å². The Morgan fingerprint density at radius 2 is 2.06 bits per heavy atom. The van der Waals surface area contributed by atoms with E-state index in [0.29, 0.717) is 11.0 Å². The number of ether oxygens (including phenoxy) is 1. The quantitative estimate of drug-likeness (QED) is 0.637. The average Bonchev–Trinajstić information content (AvgIpc) is 2.87. The van der Waals surface area contributed by atoms with Gasteiger partial charge in [-0.3, -0.25) is 5.21 Å². The third-order valence-electron chi connectivity index (χ3n) is 3.56. The number of primary amides is 1. The van der Waals surface area contributed by atoms with Crippen LogP contribution < -0.4 is 10.5 Å². The Balaban J connectivity index is 2.01. The maximum absolute atomic E-state index is 10.9. The van der Waals surface area contributed by atoms with Crippen molar-refractivity contribution < 1.29 is 14.7 Å². The van der Waals surface area contributed by atoms with Crippen molar-refractivity contribution in [3.05, 3.63) is 29.8 Å². The minimum Gasteiger partial charge on any atom is -0.497 e. The van der Waals surface area contributed by atoms with Crippen LogP contribution in [0, 0.1) is 0 Å². The topological polar surface area (TPSA) is 75.8 Å². The number of rotatable bonds is 3. The van der Waals surface area contributed by atoms with Crippen molar-refractivity contribution in [2.45, 2.75) is 31.2 Å². The summed E-state index contributed by atoms with van der Waals surface area (Å²) in [5.74, 6) is 1.18. The number of hydrogen-bond donors (Lipinski definition) is 2. The Morgan fingerprint density at radius 1 is 1.39 bits per heavy atom. The standard InChI is InChI=1S/C13H18N2O3/c1-18-12-6-3-9(4-7-12)10-2-5-11(8-10)15(17)13(14)16/h3-4,6-7,10-11,17H,2,5,8H2,1H3,(H2,14,16)/t10-,11+/m1/s1. The molecule has 0 saturated heterocycles. The van der Waals surface area contributed by atoms with E-state index in [2.05, 4.69) is 0 Å². The summed E-state index contributed by atoms with van der Waals surface area (Å²) < 4.78 is 5.11. The summed E-state index contributed by atoms with van der Waals surface area (Å²) in [4.78, 5) is 10.9. The van der Waals surface area contributed by atoms with Gasteiger partial charge in [-0.1, -0.05) is 12.1 Å². The van der Waals surface area contributed by atoms with Gasteiger partial charge >= 0.3 is 6.03 Å². The van der Waals surface area contributed by atoms with Crippen LogP contribution in [0.4, 0.5) is 4.79 Å². The number of carbonyl (C=O) groups excluding carboxylic acids is 1. The molecule has 3 N–H and O–H groups in total. The smallest absolute Gasteiger partial charge is 0.338 e. The monoisotopic (exact) mass is 250 g/mol. The number of benzene rings is 1. The van der Waals surface area contributed by atoms with Gasteiger partial charge in [0.05, 0.1) is 13.2 Å². The second kappa shape index (κ2) is 5.27. The predicted octanol–water partition coefficient (Wildman–Crippen LogP) is 2.10. The van der Waals surface area contributed by atoms with Gasteiger partial charge in [-0.05, 0) is 42.9 Å². The first kappa shape index (κ1) is 12.7. The molecule has 5 nitrogen and oxygen atoms in total. The van der Waals surface area contributed by atoms with Crippen LogP contribution in [0.3, 0.4) is 0 Å². The molecular weight excluding hydrogens is 232 g/mol. The summed E-state index contributed by atoms with van der Waals surface area (Å²) in [6.07, 6.45) is 2.46. The first-order chi connectivity index (χ1) is 8.61. The number of hydroxylamine groups is 2. The van der Waals surface area contributed by atoms with Crippen molar-refractivity contribution in [3.8, 4) is 5.75 Å². The summed E-state index contributed by atoms with van der Waals surface area (Å²) in [5, 5.41) is 10.2. The highest BCUT2D eigenvalue weighted by molar-refractivity contribution is 5.70. The fraction of sp³-hybridized carbons (Fsp3) is 0.462. The van der Waals surface area contributed by atoms with Gasteiger partial charge in [0.25, 0.3) is 0 Å². The van der Waals surface area contributed by atoms with Gasteiger partial charge in [0.1, 0.15) is 5.75 Å². The zero-order chi connectivity index (χ0) is 13.1. The van der Waals surface area contributed by atoms with Gasteiger partial charge in [0.2, 0.25) is 0 Å². The average molecular weight is 250 g/mol. The molecule has 5 heteroatoms. The number of carbonyl (C=O) groups is 1. The van der Waals surface area contributed by atoms with E-state index < -0.39 is 6.03 Å². The summed E-state index contributed by atoms with van der Waals surface area (Å²) in [5.41, 5.74) is 6.26. The van der Waals surface area contributed by atoms with Crippen molar-refractivity contribution in [3.63, 3.8) is 0 Å². The molecule has 0 aromatic heterocycles. The lowest BCUT2D eigenvalue weighted by Gasteiger charge is -2.20. The van der Waals surface area contributed by atoms with Gasteiger partial charge in [-0.25, -0.2) is 9.86 Å². The minimum atomic E-state index is -0.782.